The van der Waals surface area contributed by atoms with Gasteiger partial charge in [-0.05, 0) is 37.1 Å². The molecule has 2 nitrogen and oxygen atoms in total. The predicted octanol–water partition coefficient (Wildman–Crippen LogP) is 1.85. The van der Waals surface area contributed by atoms with Gasteiger partial charge < -0.3 is 0 Å². The van der Waals surface area contributed by atoms with Crippen molar-refractivity contribution in [3.63, 3.8) is 0 Å². The normalized spacial score (nSPS) is 11.7. The number of halogens is 1. The van der Waals surface area contributed by atoms with Crippen molar-refractivity contribution in [2.45, 2.75) is 18.7 Å². The molecule has 0 spiro atoms. The number of benzene rings is 1. The summed E-state index contributed by atoms with van der Waals surface area (Å²) in [5.74, 6) is -0.472. The van der Waals surface area contributed by atoms with Gasteiger partial charge in [0.15, 0.2) is 9.84 Å². The van der Waals surface area contributed by atoms with Crippen LogP contribution in [0.1, 0.15) is 11.1 Å². The van der Waals surface area contributed by atoms with Crippen LogP contribution in [-0.4, -0.2) is 14.7 Å². The second kappa shape index (κ2) is 3.10. The SMILES string of the molecule is Cc1cc(S(C)(=O)=O)cc(F)c1C. The molecule has 0 bridgehead atoms. The van der Waals surface area contributed by atoms with Crippen molar-refractivity contribution in [1.82, 2.24) is 0 Å². The zero-order valence-electron chi connectivity index (χ0n) is 7.76. The molecule has 0 heterocycles. The fourth-order valence-corrected chi connectivity index (χ4v) is 1.71. The van der Waals surface area contributed by atoms with Gasteiger partial charge in [0, 0.05) is 6.26 Å². The average molecular weight is 202 g/mol. The number of aryl methyl sites for hydroxylation is 1. The molecule has 4 heteroatoms. The largest absolute Gasteiger partial charge is 0.224 e. The van der Waals surface area contributed by atoms with E-state index in [1.165, 1.54) is 6.07 Å². The molecule has 0 aliphatic carbocycles. The number of hydrogen-bond donors (Lipinski definition) is 0. The molecule has 13 heavy (non-hydrogen) atoms. The summed E-state index contributed by atoms with van der Waals surface area (Å²) in [5, 5.41) is 0. The molecule has 0 aromatic heterocycles. The summed E-state index contributed by atoms with van der Waals surface area (Å²) in [5.41, 5.74) is 1.15. The smallest absolute Gasteiger partial charge is 0.175 e. The maximum Gasteiger partial charge on any atom is 0.175 e. The van der Waals surface area contributed by atoms with Crippen molar-refractivity contribution in [1.29, 1.82) is 0 Å². The number of hydrogen-bond acceptors (Lipinski definition) is 2. The zero-order chi connectivity index (χ0) is 10.2. The van der Waals surface area contributed by atoms with Gasteiger partial charge in [-0.3, -0.25) is 0 Å². The van der Waals surface area contributed by atoms with E-state index in [1.54, 1.807) is 13.8 Å². The number of sulfone groups is 1. The first-order valence-corrected chi connectivity index (χ1v) is 5.68. The molecule has 0 aliphatic heterocycles. The Labute approximate surface area is 77.3 Å². The van der Waals surface area contributed by atoms with E-state index < -0.39 is 15.7 Å². The molecule has 1 aromatic carbocycles. The molecule has 0 radical (unpaired) electrons. The highest BCUT2D eigenvalue weighted by molar-refractivity contribution is 7.90. The Morgan fingerprint density at radius 1 is 1.23 bits per heavy atom. The molecule has 1 aromatic rings. The summed E-state index contributed by atoms with van der Waals surface area (Å²) in [6, 6.07) is 2.53. The lowest BCUT2D eigenvalue weighted by Gasteiger charge is -2.04. The molecule has 0 saturated carbocycles. The second-order valence-corrected chi connectivity index (χ2v) is 5.13. The molecule has 0 aliphatic rings. The molecule has 0 fully saturated rings. The first kappa shape index (κ1) is 10.2. The third-order valence-electron chi connectivity index (χ3n) is 2.01. The van der Waals surface area contributed by atoms with E-state index in [2.05, 4.69) is 0 Å². The van der Waals surface area contributed by atoms with Gasteiger partial charge >= 0.3 is 0 Å². The molecule has 0 saturated heterocycles. The van der Waals surface area contributed by atoms with Crippen LogP contribution in [0.15, 0.2) is 17.0 Å². The Morgan fingerprint density at radius 3 is 2.15 bits per heavy atom. The first-order valence-electron chi connectivity index (χ1n) is 3.79. The van der Waals surface area contributed by atoms with Gasteiger partial charge in [0.1, 0.15) is 5.82 Å². The molecule has 0 amide bonds. The van der Waals surface area contributed by atoms with E-state index in [0.29, 0.717) is 11.1 Å². The Kier molecular flexibility index (Phi) is 2.43. The van der Waals surface area contributed by atoms with Gasteiger partial charge in [-0.2, -0.15) is 0 Å². The lowest BCUT2D eigenvalue weighted by atomic mass is 10.1. The van der Waals surface area contributed by atoms with Crippen molar-refractivity contribution in [3.8, 4) is 0 Å². The fraction of sp³-hybridized carbons (Fsp3) is 0.333. The zero-order valence-corrected chi connectivity index (χ0v) is 8.57. The van der Waals surface area contributed by atoms with Crippen molar-refractivity contribution in [2.75, 3.05) is 6.26 Å². The molecule has 72 valence electrons. The van der Waals surface area contributed by atoms with Gasteiger partial charge in [0.05, 0.1) is 4.90 Å². The monoisotopic (exact) mass is 202 g/mol. The highest BCUT2D eigenvalue weighted by atomic mass is 32.2. The third kappa shape index (κ3) is 2.06. The highest BCUT2D eigenvalue weighted by Crippen LogP contribution is 2.18. The lowest BCUT2D eigenvalue weighted by molar-refractivity contribution is 0.592. The van der Waals surface area contributed by atoms with E-state index in [-0.39, 0.29) is 4.90 Å². The Hall–Kier alpha value is -0.900. The van der Waals surface area contributed by atoms with Crippen LogP contribution in [0.25, 0.3) is 0 Å². The summed E-state index contributed by atoms with van der Waals surface area (Å²) in [6.45, 7) is 3.31. The van der Waals surface area contributed by atoms with Gasteiger partial charge in [0.2, 0.25) is 0 Å². The van der Waals surface area contributed by atoms with Crippen LogP contribution in [0.2, 0.25) is 0 Å². The van der Waals surface area contributed by atoms with E-state index in [1.807, 2.05) is 0 Å². The van der Waals surface area contributed by atoms with Crippen LogP contribution < -0.4 is 0 Å². The Balaban J connectivity index is 3.47. The van der Waals surface area contributed by atoms with Crippen LogP contribution in [0.4, 0.5) is 4.39 Å². The summed E-state index contributed by atoms with van der Waals surface area (Å²) < 4.78 is 35.3. The molecule has 0 unspecified atom stereocenters. The topological polar surface area (TPSA) is 34.1 Å². The molecular weight excluding hydrogens is 191 g/mol. The van der Waals surface area contributed by atoms with Crippen LogP contribution in [0.5, 0.6) is 0 Å². The van der Waals surface area contributed by atoms with Crippen molar-refractivity contribution in [3.05, 3.63) is 29.1 Å². The van der Waals surface area contributed by atoms with Crippen molar-refractivity contribution in [2.24, 2.45) is 0 Å². The maximum atomic E-state index is 13.1. The van der Waals surface area contributed by atoms with Gasteiger partial charge in [-0.1, -0.05) is 0 Å². The van der Waals surface area contributed by atoms with E-state index in [0.717, 1.165) is 12.3 Å². The van der Waals surface area contributed by atoms with Gasteiger partial charge in [0.25, 0.3) is 0 Å². The van der Waals surface area contributed by atoms with Crippen molar-refractivity contribution < 1.29 is 12.8 Å². The molecular formula is C9H11FO2S. The van der Waals surface area contributed by atoms with Crippen LogP contribution >= 0.6 is 0 Å². The maximum absolute atomic E-state index is 13.1. The minimum atomic E-state index is -3.30. The van der Waals surface area contributed by atoms with E-state index in [4.69, 9.17) is 0 Å². The van der Waals surface area contributed by atoms with Crippen LogP contribution in [0.3, 0.4) is 0 Å². The highest BCUT2D eigenvalue weighted by Gasteiger charge is 2.11. The predicted molar refractivity (Wildman–Crippen MR) is 49.0 cm³/mol. The summed E-state index contributed by atoms with van der Waals surface area (Å²) in [6.07, 6.45) is 1.07. The van der Waals surface area contributed by atoms with Crippen LogP contribution in [0, 0.1) is 19.7 Å². The minimum absolute atomic E-state index is 0.0353. The second-order valence-electron chi connectivity index (χ2n) is 3.12. The summed E-state index contributed by atoms with van der Waals surface area (Å²) >= 11 is 0. The summed E-state index contributed by atoms with van der Waals surface area (Å²) in [4.78, 5) is 0.0353. The summed E-state index contributed by atoms with van der Waals surface area (Å²) in [7, 11) is -3.30. The fourth-order valence-electron chi connectivity index (χ4n) is 0.999. The average Bonchev–Trinajstić information content (AvgIpc) is 1.97. The third-order valence-corrected chi connectivity index (χ3v) is 3.10. The minimum Gasteiger partial charge on any atom is -0.224 e. The Morgan fingerprint density at radius 2 is 1.77 bits per heavy atom. The van der Waals surface area contributed by atoms with Gasteiger partial charge in [-0.25, -0.2) is 12.8 Å². The van der Waals surface area contributed by atoms with E-state index in [9.17, 15) is 12.8 Å². The first-order chi connectivity index (χ1) is 5.82. The molecule has 0 atom stereocenters. The molecule has 1 rings (SSSR count). The molecule has 0 N–H and O–H groups in total. The van der Waals surface area contributed by atoms with Gasteiger partial charge in [-0.15, -0.1) is 0 Å². The van der Waals surface area contributed by atoms with Crippen LogP contribution in [-0.2, 0) is 9.84 Å². The standard InChI is InChI=1S/C9H11FO2S/c1-6-4-8(13(3,11)12)5-9(10)7(6)2/h4-5H,1-3H3. The quantitative estimate of drug-likeness (QED) is 0.696. The lowest BCUT2D eigenvalue weighted by Crippen LogP contribution is -2.00. The Bertz CT molecular complexity index is 412. The van der Waals surface area contributed by atoms with Crippen molar-refractivity contribution >= 4 is 9.84 Å². The van der Waals surface area contributed by atoms with E-state index >= 15 is 0 Å². The number of rotatable bonds is 1.